The van der Waals surface area contributed by atoms with E-state index in [9.17, 15) is 10.1 Å². The number of nitriles is 1. The van der Waals surface area contributed by atoms with E-state index in [0.29, 0.717) is 16.9 Å². The van der Waals surface area contributed by atoms with Gasteiger partial charge in [0.2, 0.25) is 0 Å². The lowest BCUT2D eigenvalue weighted by Crippen LogP contribution is -2.12. The summed E-state index contributed by atoms with van der Waals surface area (Å²) in [6.45, 7) is 1.97. The third kappa shape index (κ3) is 2.70. The lowest BCUT2D eigenvalue weighted by Gasteiger charge is -2.11. The van der Waals surface area contributed by atoms with Crippen LogP contribution >= 0.6 is 0 Å². The van der Waals surface area contributed by atoms with Gasteiger partial charge in [-0.1, -0.05) is 42.0 Å². The molecule has 0 bridgehead atoms. The number of ketones is 1. The van der Waals surface area contributed by atoms with Crippen LogP contribution in [-0.4, -0.2) is 12.9 Å². The number of ether oxygens (including phenoxy) is 1. The van der Waals surface area contributed by atoms with Gasteiger partial charge in [-0.25, -0.2) is 0 Å². The summed E-state index contributed by atoms with van der Waals surface area (Å²) in [6, 6.07) is 16.5. The summed E-state index contributed by atoms with van der Waals surface area (Å²) in [5.74, 6) is -0.564. The predicted octanol–water partition coefficient (Wildman–Crippen LogP) is 3.49. The van der Waals surface area contributed by atoms with Crippen LogP contribution in [0.15, 0.2) is 48.5 Å². The molecule has 0 amide bonds. The lowest BCUT2D eigenvalue weighted by molar-refractivity contribution is 0.0976. The molecule has 0 saturated carbocycles. The number of aryl methyl sites for hydroxylation is 1. The number of hydrogen-bond acceptors (Lipinski definition) is 3. The Hall–Kier alpha value is -2.60. The maximum atomic E-state index is 12.5. The van der Waals surface area contributed by atoms with E-state index in [0.717, 1.165) is 5.56 Å². The Bertz CT molecular complexity index is 653. The number of nitrogens with zero attached hydrogens (tertiary/aromatic N) is 1. The molecule has 3 heteroatoms. The second-order valence-corrected chi connectivity index (χ2v) is 4.54. The van der Waals surface area contributed by atoms with Crippen molar-refractivity contribution in [1.29, 1.82) is 5.26 Å². The molecule has 0 heterocycles. The van der Waals surface area contributed by atoms with Crippen LogP contribution < -0.4 is 4.74 Å². The van der Waals surface area contributed by atoms with Gasteiger partial charge in [0.1, 0.15) is 11.7 Å². The van der Waals surface area contributed by atoms with E-state index >= 15 is 0 Å². The van der Waals surface area contributed by atoms with Crippen molar-refractivity contribution in [3.05, 3.63) is 65.2 Å². The minimum Gasteiger partial charge on any atom is -0.496 e. The van der Waals surface area contributed by atoms with E-state index in [1.165, 1.54) is 7.11 Å². The maximum absolute atomic E-state index is 12.5. The molecule has 2 aromatic rings. The van der Waals surface area contributed by atoms with E-state index < -0.39 is 5.92 Å². The van der Waals surface area contributed by atoms with Gasteiger partial charge in [0.05, 0.1) is 18.7 Å². The third-order valence-corrected chi connectivity index (χ3v) is 3.17. The van der Waals surface area contributed by atoms with Crippen LogP contribution in [0.25, 0.3) is 0 Å². The third-order valence-electron chi connectivity index (χ3n) is 3.17. The first-order valence-corrected chi connectivity index (χ1v) is 6.30. The van der Waals surface area contributed by atoms with Crippen LogP contribution in [-0.2, 0) is 0 Å². The summed E-state index contributed by atoms with van der Waals surface area (Å²) < 4.78 is 5.19. The van der Waals surface area contributed by atoms with Crippen LogP contribution in [0.2, 0.25) is 0 Å². The fourth-order valence-electron chi connectivity index (χ4n) is 2.05. The van der Waals surface area contributed by atoms with Crippen molar-refractivity contribution in [2.24, 2.45) is 0 Å². The Kier molecular flexibility index (Phi) is 4.17. The fourth-order valence-corrected chi connectivity index (χ4v) is 2.05. The number of hydrogen-bond donors (Lipinski definition) is 0. The van der Waals surface area contributed by atoms with Crippen molar-refractivity contribution in [2.45, 2.75) is 12.8 Å². The van der Waals surface area contributed by atoms with Crippen LogP contribution in [0.5, 0.6) is 5.75 Å². The number of Topliss-reactive ketones (excluding diaryl/α,β-unsaturated/α-hetero) is 1. The highest BCUT2D eigenvalue weighted by Crippen LogP contribution is 2.26. The van der Waals surface area contributed by atoms with E-state index in [1.54, 1.807) is 24.3 Å². The first-order chi connectivity index (χ1) is 9.67. The highest BCUT2D eigenvalue weighted by atomic mass is 16.5. The van der Waals surface area contributed by atoms with Gasteiger partial charge in [-0.05, 0) is 24.6 Å². The zero-order valence-electron chi connectivity index (χ0n) is 11.5. The smallest absolute Gasteiger partial charge is 0.188 e. The minimum atomic E-state index is -0.813. The molecule has 2 rings (SSSR count). The summed E-state index contributed by atoms with van der Waals surface area (Å²) in [7, 11) is 1.51. The normalized spacial score (nSPS) is 11.4. The van der Waals surface area contributed by atoms with Crippen LogP contribution in [0.4, 0.5) is 0 Å². The standard InChI is InChI=1S/C17H15NO2/c1-12-7-9-13(10-8-12)15(11-18)17(19)14-5-3-4-6-16(14)20-2/h3-10,15H,1-2H3. The van der Waals surface area contributed by atoms with E-state index in [-0.39, 0.29) is 5.78 Å². The van der Waals surface area contributed by atoms with Crippen molar-refractivity contribution in [3.63, 3.8) is 0 Å². The molecular formula is C17H15NO2. The summed E-state index contributed by atoms with van der Waals surface area (Å²) in [5.41, 5.74) is 2.23. The molecule has 0 aliphatic rings. The van der Waals surface area contributed by atoms with Gasteiger partial charge in [0.15, 0.2) is 5.78 Å². The predicted molar refractivity (Wildman–Crippen MR) is 76.9 cm³/mol. The molecule has 0 aliphatic heterocycles. The first-order valence-electron chi connectivity index (χ1n) is 6.30. The largest absolute Gasteiger partial charge is 0.496 e. The highest BCUT2D eigenvalue weighted by molar-refractivity contribution is 6.04. The molecule has 0 aromatic heterocycles. The molecule has 0 spiro atoms. The average molecular weight is 265 g/mol. The van der Waals surface area contributed by atoms with Gasteiger partial charge in [0, 0.05) is 0 Å². The maximum Gasteiger partial charge on any atom is 0.188 e. The topological polar surface area (TPSA) is 50.1 Å². The highest BCUT2D eigenvalue weighted by Gasteiger charge is 2.24. The van der Waals surface area contributed by atoms with E-state index in [2.05, 4.69) is 6.07 Å². The van der Waals surface area contributed by atoms with Crippen molar-refractivity contribution >= 4 is 5.78 Å². The molecule has 0 radical (unpaired) electrons. The lowest BCUT2D eigenvalue weighted by atomic mass is 9.91. The second kappa shape index (κ2) is 6.03. The summed E-state index contributed by atoms with van der Waals surface area (Å²) in [5, 5.41) is 9.33. The molecule has 0 saturated heterocycles. The molecule has 3 nitrogen and oxygen atoms in total. The average Bonchev–Trinajstić information content (AvgIpc) is 2.49. The molecule has 1 unspecified atom stereocenters. The molecule has 20 heavy (non-hydrogen) atoms. The number of rotatable bonds is 4. The zero-order chi connectivity index (χ0) is 14.5. The number of carbonyl (C=O) groups excluding carboxylic acids is 1. The van der Waals surface area contributed by atoms with Crippen LogP contribution in [0.1, 0.15) is 27.4 Å². The number of carbonyl (C=O) groups is 1. The second-order valence-electron chi connectivity index (χ2n) is 4.54. The summed E-state index contributed by atoms with van der Waals surface area (Å²) in [4.78, 5) is 12.5. The minimum absolute atomic E-state index is 0.242. The van der Waals surface area contributed by atoms with Crippen molar-refractivity contribution in [1.82, 2.24) is 0 Å². The molecule has 1 atom stereocenters. The van der Waals surface area contributed by atoms with E-state index in [4.69, 9.17) is 4.74 Å². The zero-order valence-corrected chi connectivity index (χ0v) is 11.5. The number of benzene rings is 2. The fraction of sp³-hybridized carbons (Fsp3) is 0.176. The van der Waals surface area contributed by atoms with Crippen molar-refractivity contribution in [3.8, 4) is 11.8 Å². The quantitative estimate of drug-likeness (QED) is 0.795. The Morgan fingerprint density at radius 1 is 1.15 bits per heavy atom. The van der Waals surface area contributed by atoms with Gasteiger partial charge in [0.25, 0.3) is 0 Å². The Morgan fingerprint density at radius 2 is 1.80 bits per heavy atom. The van der Waals surface area contributed by atoms with Gasteiger partial charge in [-0.15, -0.1) is 0 Å². The monoisotopic (exact) mass is 265 g/mol. The molecule has 0 fully saturated rings. The summed E-state index contributed by atoms with van der Waals surface area (Å²) >= 11 is 0. The number of para-hydroxylation sites is 1. The molecular weight excluding hydrogens is 250 g/mol. The SMILES string of the molecule is COc1ccccc1C(=O)C(C#N)c1ccc(C)cc1. The Labute approximate surface area is 118 Å². The Morgan fingerprint density at radius 3 is 2.40 bits per heavy atom. The molecule has 0 aliphatic carbocycles. The van der Waals surface area contributed by atoms with Crippen LogP contribution in [0.3, 0.4) is 0 Å². The van der Waals surface area contributed by atoms with Gasteiger partial charge in [-0.3, -0.25) is 4.79 Å². The van der Waals surface area contributed by atoms with Gasteiger partial charge < -0.3 is 4.74 Å². The van der Waals surface area contributed by atoms with Crippen LogP contribution in [0, 0.1) is 18.3 Å². The van der Waals surface area contributed by atoms with Gasteiger partial charge in [-0.2, -0.15) is 5.26 Å². The molecule has 0 N–H and O–H groups in total. The van der Waals surface area contributed by atoms with Crippen molar-refractivity contribution < 1.29 is 9.53 Å². The van der Waals surface area contributed by atoms with Crippen molar-refractivity contribution in [2.75, 3.05) is 7.11 Å². The van der Waals surface area contributed by atoms with E-state index in [1.807, 2.05) is 31.2 Å². The number of methoxy groups -OCH3 is 1. The molecule has 2 aromatic carbocycles. The first kappa shape index (κ1) is 13.8. The molecule has 100 valence electrons. The van der Waals surface area contributed by atoms with Gasteiger partial charge >= 0.3 is 0 Å². The Balaban J connectivity index is 2.39. The summed E-state index contributed by atoms with van der Waals surface area (Å²) in [6.07, 6.45) is 0.